The Bertz CT molecular complexity index is 882. The number of hydrogen-bond donors (Lipinski definition) is 2. The molecule has 4 nitrogen and oxygen atoms in total. The van der Waals surface area contributed by atoms with E-state index in [0.717, 1.165) is 36.3 Å². The number of aromatic nitrogens is 1. The Hall–Kier alpha value is -2.75. The van der Waals surface area contributed by atoms with Crippen molar-refractivity contribution >= 4 is 16.8 Å². The van der Waals surface area contributed by atoms with E-state index in [1.165, 1.54) is 16.5 Å². The molecule has 0 bridgehead atoms. The molecule has 1 aromatic heterocycles. The maximum absolute atomic E-state index is 12.1. The van der Waals surface area contributed by atoms with Crippen LogP contribution in [0.4, 0.5) is 0 Å². The first-order valence-electron chi connectivity index (χ1n) is 8.36. The van der Waals surface area contributed by atoms with Crippen LogP contribution in [0.25, 0.3) is 10.9 Å². The molecule has 0 atom stereocenters. The molecule has 4 heteroatoms. The van der Waals surface area contributed by atoms with Gasteiger partial charge in [-0.2, -0.15) is 0 Å². The SMILES string of the molecule is O=C(Cc1ccc2c(c1)OCC2)NCCc1c[nH]c2ccccc12. The smallest absolute Gasteiger partial charge is 0.224 e. The van der Waals surface area contributed by atoms with Gasteiger partial charge in [-0.15, -0.1) is 0 Å². The third kappa shape index (κ3) is 3.00. The Morgan fingerprint density at radius 2 is 2.12 bits per heavy atom. The average Bonchev–Trinajstić information content (AvgIpc) is 3.21. The molecule has 0 spiro atoms. The van der Waals surface area contributed by atoms with Crippen molar-refractivity contribution in [2.75, 3.05) is 13.2 Å². The van der Waals surface area contributed by atoms with Crippen LogP contribution >= 0.6 is 0 Å². The van der Waals surface area contributed by atoms with E-state index in [9.17, 15) is 4.79 Å². The van der Waals surface area contributed by atoms with E-state index in [4.69, 9.17) is 4.74 Å². The largest absolute Gasteiger partial charge is 0.493 e. The standard InChI is InChI=1S/C20H20N2O2/c23-20(12-14-5-6-15-8-10-24-19(15)11-14)21-9-7-16-13-22-18-4-2-1-3-17(16)18/h1-6,11,13,22H,7-10,12H2,(H,21,23). The molecule has 2 heterocycles. The number of nitrogens with one attached hydrogen (secondary N) is 2. The minimum absolute atomic E-state index is 0.0489. The summed E-state index contributed by atoms with van der Waals surface area (Å²) in [6, 6.07) is 14.3. The molecule has 0 radical (unpaired) electrons. The van der Waals surface area contributed by atoms with Crippen molar-refractivity contribution in [2.45, 2.75) is 19.3 Å². The predicted molar refractivity (Wildman–Crippen MR) is 94.4 cm³/mol. The van der Waals surface area contributed by atoms with E-state index in [1.54, 1.807) is 0 Å². The fourth-order valence-corrected chi connectivity index (χ4v) is 3.24. The molecular weight excluding hydrogens is 300 g/mol. The van der Waals surface area contributed by atoms with Crippen LogP contribution in [0.1, 0.15) is 16.7 Å². The van der Waals surface area contributed by atoms with E-state index >= 15 is 0 Å². The molecule has 0 saturated carbocycles. The lowest BCUT2D eigenvalue weighted by atomic mass is 10.1. The van der Waals surface area contributed by atoms with Crippen LogP contribution in [0.3, 0.4) is 0 Å². The number of H-pyrrole nitrogens is 1. The predicted octanol–water partition coefficient (Wildman–Crippen LogP) is 3.00. The van der Waals surface area contributed by atoms with Gasteiger partial charge >= 0.3 is 0 Å². The molecule has 2 N–H and O–H groups in total. The summed E-state index contributed by atoms with van der Waals surface area (Å²) in [7, 11) is 0. The summed E-state index contributed by atoms with van der Waals surface area (Å²) >= 11 is 0. The summed E-state index contributed by atoms with van der Waals surface area (Å²) < 4.78 is 5.56. The lowest BCUT2D eigenvalue weighted by Gasteiger charge is -2.06. The molecule has 24 heavy (non-hydrogen) atoms. The van der Waals surface area contributed by atoms with Gasteiger partial charge in [-0.05, 0) is 35.2 Å². The number of fused-ring (bicyclic) bond motifs is 2. The highest BCUT2D eigenvalue weighted by Gasteiger charge is 2.13. The Kier molecular flexibility index (Phi) is 3.95. The van der Waals surface area contributed by atoms with Crippen LogP contribution in [-0.2, 0) is 24.1 Å². The summed E-state index contributed by atoms with van der Waals surface area (Å²) in [5, 5.41) is 4.23. The lowest BCUT2D eigenvalue weighted by molar-refractivity contribution is -0.120. The third-order valence-electron chi connectivity index (χ3n) is 4.52. The van der Waals surface area contributed by atoms with Crippen molar-refractivity contribution in [3.8, 4) is 5.75 Å². The summed E-state index contributed by atoms with van der Waals surface area (Å²) in [6.45, 7) is 1.39. The van der Waals surface area contributed by atoms with E-state index in [1.807, 2.05) is 30.5 Å². The number of rotatable bonds is 5. The zero-order chi connectivity index (χ0) is 16.4. The molecule has 122 valence electrons. The van der Waals surface area contributed by atoms with Crippen molar-refractivity contribution in [1.29, 1.82) is 0 Å². The van der Waals surface area contributed by atoms with Crippen molar-refractivity contribution in [3.05, 3.63) is 65.4 Å². The van der Waals surface area contributed by atoms with Crippen molar-refractivity contribution < 1.29 is 9.53 Å². The van der Waals surface area contributed by atoms with E-state index < -0.39 is 0 Å². The van der Waals surface area contributed by atoms with Gasteiger partial charge in [0.05, 0.1) is 13.0 Å². The molecule has 0 aliphatic carbocycles. The summed E-state index contributed by atoms with van der Waals surface area (Å²) in [5.74, 6) is 0.979. The monoisotopic (exact) mass is 320 g/mol. The second-order valence-electron chi connectivity index (χ2n) is 6.18. The van der Waals surface area contributed by atoms with Crippen molar-refractivity contribution in [2.24, 2.45) is 0 Å². The normalized spacial score (nSPS) is 12.8. The van der Waals surface area contributed by atoms with Gasteiger partial charge < -0.3 is 15.0 Å². The zero-order valence-corrected chi connectivity index (χ0v) is 13.5. The number of para-hydroxylation sites is 1. The van der Waals surface area contributed by atoms with Crippen LogP contribution in [-0.4, -0.2) is 24.0 Å². The minimum atomic E-state index is 0.0489. The second kappa shape index (κ2) is 6.40. The maximum Gasteiger partial charge on any atom is 0.224 e. The fourth-order valence-electron chi connectivity index (χ4n) is 3.24. The third-order valence-corrected chi connectivity index (χ3v) is 4.52. The highest BCUT2D eigenvalue weighted by molar-refractivity contribution is 5.83. The van der Waals surface area contributed by atoms with Crippen LogP contribution in [0, 0.1) is 0 Å². The van der Waals surface area contributed by atoms with Crippen LogP contribution < -0.4 is 10.1 Å². The Morgan fingerprint density at radius 1 is 1.21 bits per heavy atom. The zero-order valence-electron chi connectivity index (χ0n) is 13.5. The quantitative estimate of drug-likeness (QED) is 0.759. The van der Waals surface area contributed by atoms with Gasteiger partial charge in [0.25, 0.3) is 0 Å². The Balaban J connectivity index is 1.32. The van der Waals surface area contributed by atoms with Gasteiger partial charge in [0.2, 0.25) is 5.91 Å². The van der Waals surface area contributed by atoms with Crippen LogP contribution in [0.5, 0.6) is 5.75 Å². The van der Waals surface area contributed by atoms with Gasteiger partial charge in [0.1, 0.15) is 5.75 Å². The summed E-state index contributed by atoms with van der Waals surface area (Å²) in [6.07, 6.45) is 4.20. The summed E-state index contributed by atoms with van der Waals surface area (Å²) in [5.41, 5.74) is 4.60. The molecule has 0 saturated heterocycles. The van der Waals surface area contributed by atoms with E-state index in [0.29, 0.717) is 13.0 Å². The molecule has 3 aromatic rings. The van der Waals surface area contributed by atoms with Crippen LogP contribution in [0.2, 0.25) is 0 Å². The molecule has 1 amide bonds. The first kappa shape index (κ1) is 14.8. The van der Waals surface area contributed by atoms with E-state index in [-0.39, 0.29) is 5.91 Å². The molecule has 0 unspecified atom stereocenters. The minimum Gasteiger partial charge on any atom is -0.493 e. The first-order valence-corrected chi connectivity index (χ1v) is 8.36. The highest BCUT2D eigenvalue weighted by Crippen LogP contribution is 2.26. The number of carbonyl (C=O) groups is 1. The fraction of sp³-hybridized carbons (Fsp3) is 0.250. The van der Waals surface area contributed by atoms with Gasteiger partial charge in [0, 0.05) is 30.1 Å². The summed E-state index contributed by atoms with van der Waals surface area (Å²) in [4.78, 5) is 15.4. The van der Waals surface area contributed by atoms with Crippen molar-refractivity contribution in [1.82, 2.24) is 10.3 Å². The van der Waals surface area contributed by atoms with Crippen LogP contribution in [0.15, 0.2) is 48.7 Å². The second-order valence-corrected chi connectivity index (χ2v) is 6.18. The molecule has 0 fully saturated rings. The Labute approximate surface area is 140 Å². The molecule has 4 rings (SSSR count). The molecule has 2 aromatic carbocycles. The van der Waals surface area contributed by atoms with Gasteiger partial charge in [-0.3, -0.25) is 4.79 Å². The highest BCUT2D eigenvalue weighted by atomic mass is 16.5. The number of amides is 1. The van der Waals surface area contributed by atoms with Gasteiger partial charge in [-0.25, -0.2) is 0 Å². The first-order chi connectivity index (χ1) is 11.8. The number of aromatic amines is 1. The number of carbonyl (C=O) groups excluding carboxylic acids is 1. The van der Waals surface area contributed by atoms with Gasteiger partial charge in [-0.1, -0.05) is 30.3 Å². The van der Waals surface area contributed by atoms with Gasteiger partial charge in [0.15, 0.2) is 0 Å². The maximum atomic E-state index is 12.1. The van der Waals surface area contributed by atoms with E-state index in [2.05, 4.69) is 28.5 Å². The Morgan fingerprint density at radius 3 is 3.08 bits per heavy atom. The topological polar surface area (TPSA) is 54.1 Å². The molecular formula is C20H20N2O2. The average molecular weight is 320 g/mol. The van der Waals surface area contributed by atoms with Crippen molar-refractivity contribution in [3.63, 3.8) is 0 Å². The molecule has 1 aliphatic rings. The lowest BCUT2D eigenvalue weighted by Crippen LogP contribution is -2.27. The number of benzene rings is 2. The number of ether oxygens (including phenoxy) is 1. The number of hydrogen-bond acceptors (Lipinski definition) is 2. The molecule has 1 aliphatic heterocycles.